The SMILES string of the molecule is NC(=O)c1ccc(Br)cc1C(=O)NN=Cc1ccc(F)cc1. The quantitative estimate of drug-likeness (QED) is 0.645. The van der Waals surface area contributed by atoms with Crippen LogP contribution < -0.4 is 11.2 Å². The van der Waals surface area contributed by atoms with Crippen molar-refractivity contribution in [2.75, 3.05) is 0 Å². The number of halogens is 2. The molecule has 0 heterocycles. The Morgan fingerprint density at radius 2 is 1.82 bits per heavy atom. The largest absolute Gasteiger partial charge is 0.366 e. The topological polar surface area (TPSA) is 84.5 Å². The Morgan fingerprint density at radius 3 is 2.45 bits per heavy atom. The van der Waals surface area contributed by atoms with Crippen LogP contribution in [0.2, 0.25) is 0 Å². The minimum absolute atomic E-state index is 0.0951. The third kappa shape index (κ3) is 3.98. The number of hydrazone groups is 1. The molecule has 0 spiro atoms. The molecule has 0 saturated heterocycles. The summed E-state index contributed by atoms with van der Waals surface area (Å²) in [7, 11) is 0. The van der Waals surface area contributed by atoms with Crippen LogP contribution >= 0.6 is 15.9 Å². The van der Waals surface area contributed by atoms with Gasteiger partial charge in [0.1, 0.15) is 5.82 Å². The molecule has 0 fully saturated rings. The van der Waals surface area contributed by atoms with Crippen molar-refractivity contribution in [2.24, 2.45) is 10.8 Å². The lowest BCUT2D eigenvalue weighted by atomic mass is 10.1. The maximum atomic E-state index is 12.8. The summed E-state index contributed by atoms with van der Waals surface area (Å²) in [5, 5.41) is 3.76. The Morgan fingerprint density at radius 1 is 1.14 bits per heavy atom. The predicted octanol–water partition coefficient (Wildman–Crippen LogP) is 2.45. The maximum absolute atomic E-state index is 12.8. The van der Waals surface area contributed by atoms with Crippen LogP contribution in [0.1, 0.15) is 26.3 Å². The van der Waals surface area contributed by atoms with Gasteiger partial charge < -0.3 is 5.73 Å². The van der Waals surface area contributed by atoms with Crippen LogP contribution in [0.5, 0.6) is 0 Å². The molecule has 0 aliphatic heterocycles. The highest BCUT2D eigenvalue weighted by Gasteiger charge is 2.15. The molecule has 0 bridgehead atoms. The molecule has 0 saturated carbocycles. The van der Waals surface area contributed by atoms with Crippen molar-refractivity contribution in [3.8, 4) is 0 Å². The van der Waals surface area contributed by atoms with Crippen molar-refractivity contribution in [1.29, 1.82) is 0 Å². The van der Waals surface area contributed by atoms with E-state index in [-0.39, 0.29) is 16.9 Å². The fraction of sp³-hybridized carbons (Fsp3) is 0. The number of hydrogen-bond acceptors (Lipinski definition) is 3. The van der Waals surface area contributed by atoms with E-state index in [0.29, 0.717) is 10.0 Å². The van der Waals surface area contributed by atoms with Gasteiger partial charge >= 0.3 is 0 Å². The van der Waals surface area contributed by atoms with Crippen molar-refractivity contribution in [1.82, 2.24) is 5.43 Å². The number of carbonyl (C=O) groups excluding carboxylic acids is 2. The predicted molar refractivity (Wildman–Crippen MR) is 84.1 cm³/mol. The van der Waals surface area contributed by atoms with Gasteiger partial charge in [-0.15, -0.1) is 0 Å². The summed E-state index contributed by atoms with van der Waals surface area (Å²) in [6, 6.07) is 10.1. The number of rotatable bonds is 4. The van der Waals surface area contributed by atoms with Crippen molar-refractivity contribution in [3.05, 3.63) is 69.4 Å². The van der Waals surface area contributed by atoms with Gasteiger partial charge in [0.15, 0.2) is 0 Å². The van der Waals surface area contributed by atoms with Gasteiger partial charge in [0.05, 0.1) is 17.3 Å². The fourth-order valence-corrected chi connectivity index (χ4v) is 2.05. The smallest absolute Gasteiger partial charge is 0.272 e. The lowest BCUT2D eigenvalue weighted by molar-refractivity contribution is 0.0937. The van der Waals surface area contributed by atoms with Crippen LogP contribution in [0.4, 0.5) is 4.39 Å². The highest BCUT2D eigenvalue weighted by Crippen LogP contribution is 2.16. The highest BCUT2D eigenvalue weighted by molar-refractivity contribution is 9.10. The van der Waals surface area contributed by atoms with Gasteiger partial charge in [-0.05, 0) is 35.9 Å². The normalized spacial score (nSPS) is 10.6. The molecule has 0 atom stereocenters. The number of amides is 2. The average molecular weight is 364 g/mol. The zero-order chi connectivity index (χ0) is 16.1. The Kier molecular flexibility index (Phi) is 5.00. The Labute approximate surface area is 134 Å². The lowest BCUT2D eigenvalue weighted by Crippen LogP contribution is -2.23. The van der Waals surface area contributed by atoms with Crippen molar-refractivity contribution >= 4 is 34.0 Å². The zero-order valence-corrected chi connectivity index (χ0v) is 12.8. The van der Waals surface area contributed by atoms with Crippen LogP contribution in [0.25, 0.3) is 0 Å². The Bertz CT molecular complexity index is 745. The first kappa shape index (κ1) is 15.8. The Hall–Kier alpha value is -2.54. The summed E-state index contributed by atoms with van der Waals surface area (Å²) in [5.74, 6) is -1.64. The van der Waals surface area contributed by atoms with Crippen molar-refractivity contribution < 1.29 is 14.0 Å². The standard InChI is InChI=1S/C15H11BrFN3O2/c16-10-3-6-12(14(18)21)13(7-10)15(22)20-19-8-9-1-4-11(17)5-2-9/h1-8H,(H2,18,21)(H,20,22). The molecule has 3 N–H and O–H groups in total. The summed E-state index contributed by atoms with van der Waals surface area (Å²) >= 11 is 3.22. The molecule has 112 valence electrons. The molecule has 2 aromatic rings. The molecule has 0 aliphatic carbocycles. The second-order valence-corrected chi connectivity index (χ2v) is 5.22. The summed E-state index contributed by atoms with van der Waals surface area (Å²) in [6.07, 6.45) is 1.36. The number of primary amides is 1. The van der Waals surface area contributed by atoms with Crippen LogP contribution in [0.3, 0.4) is 0 Å². The molecule has 0 aromatic heterocycles. The van der Waals surface area contributed by atoms with Crippen LogP contribution in [0.15, 0.2) is 52.0 Å². The molecule has 0 radical (unpaired) electrons. The summed E-state index contributed by atoms with van der Waals surface area (Å²) in [6.45, 7) is 0. The van der Waals surface area contributed by atoms with E-state index in [1.54, 1.807) is 6.07 Å². The molecule has 5 nitrogen and oxygen atoms in total. The van der Waals surface area contributed by atoms with Crippen molar-refractivity contribution in [2.45, 2.75) is 0 Å². The first-order chi connectivity index (χ1) is 10.5. The van der Waals surface area contributed by atoms with E-state index in [0.717, 1.165) is 0 Å². The molecule has 2 aromatic carbocycles. The second-order valence-electron chi connectivity index (χ2n) is 4.30. The van der Waals surface area contributed by atoms with Crippen molar-refractivity contribution in [3.63, 3.8) is 0 Å². The van der Waals surface area contributed by atoms with Gasteiger partial charge in [0.2, 0.25) is 5.91 Å². The minimum atomic E-state index is -0.708. The molecular formula is C15H11BrFN3O2. The molecule has 0 aliphatic rings. The second kappa shape index (κ2) is 6.95. The van der Waals surface area contributed by atoms with Gasteiger partial charge in [-0.25, -0.2) is 9.82 Å². The maximum Gasteiger partial charge on any atom is 0.272 e. The van der Waals surface area contributed by atoms with E-state index in [9.17, 15) is 14.0 Å². The molecular weight excluding hydrogens is 353 g/mol. The summed E-state index contributed by atoms with van der Waals surface area (Å²) < 4.78 is 13.4. The monoisotopic (exact) mass is 363 g/mol. The summed E-state index contributed by atoms with van der Waals surface area (Å²) in [4.78, 5) is 23.4. The van der Waals surface area contributed by atoms with Gasteiger partial charge in [0, 0.05) is 4.47 Å². The molecule has 7 heteroatoms. The number of nitrogens with one attached hydrogen (secondary N) is 1. The third-order valence-corrected chi connectivity index (χ3v) is 3.23. The summed E-state index contributed by atoms with van der Waals surface area (Å²) in [5.41, 5.74) is 8.34. The zero-order valence-electron chi connectivity index (χ0n) is 11.2. The van der Waals surface area contributed by atoms with E-state index in [1.807, 2.05) is 0 Å². The molecule has 2 amide bonds. The van der Waals surface area contributed by atoms with Gasteiger partial charge in [0.25, 0.3) is 5.91 Å². The average Bonchev–Trinajstić information content (AvgIpc) is 2.48. The van der Waals surface area contributed by atoms with E-state index < -0.39 is 11.8 Å². The van der Waals surface area contributed by atoms with Crippen LogP contribution in [0, 0.1) is 5.82 Å². The fourth-order valence-electron chi connectivity index (χ4n) is 1.69. The van der Waals surface area contributed by atoms with E-state index in [4.69, 9.17) is 5.73 Å². The molecule has 22 heavy (non-hydrogen) atoms. The minimum Gasteiger partial charge on any atom is -0.366 e. The van der Waals surface area contributed by atoms with E-state index in [1.165, 1.54) is 42.6 Å². The number of carbonyl (C=O) groups is 2. The first-order valence-corrected chi connectivity index (χ1v) is 6.95. The number of nitrogens with two attached hydrogens (primary N) is 1. The van der Waals surface area contributed by atoms with Crippen LogP contribution in [-0.4, -0.2) is 18.0 Å². The number of nitrogens with zero attached hydrogens (tertiary/aromatic N) is 1. The third-order valence-electron chi connectivity index (χ3n) is 2.74. The van der Waals surface area contributed by atoms with E-state index >= 15 is 0 Å². The van der Waals surface area contributed by atoms with Gasteiger partial charge in [-0.3, -0.25) is 9.59 Å². The highest BCUT2D eigenvalue weighted by atomic mass is 79.9. The van der Waals surface area contributed by atoms with Crippen LogP contribution in [-0.2, 0) is 0 Å². The lowest BCUT2D eigenvalue weighted by Gasteiger charge is -2.05. The molecule has 2 rings (SSSR count). The number of hydrogen-bond donors (Lipinski definition) is 2. The number of benzene rings is 2. The van der Waals surface area contributed by atoms with E-state index in [2.05, 4.69) is 26.5 Å². The van der Waals surface area contributed by atoms with Gasteiger partial charge in [-0.2, -0.15) is 5.10 Å². The molecule has 0 unspecified atom stereocenters. The van der Waals surface area contributed by atoms with Gasteiger partial charge in [-0.1, -0.05) is 28.1 Å². The Balaban J connectivity index is 2.14. The first-order valence-electron chi connectivity index (χ1n) is 6.15.